The van der Waals surface area contributed by atoms with Crippen molar-refractivity contribution in [1.29, 1.82) is 0 Å². The van der Waals surface area contributed by atoms with Crippen LogP contribution in [0.3, 0.4) is 0 Å². The molecule has 0 aromatic heterocycles. The summed E-state index contributed by atoms with van der Waals surface area (Å²) in [5, 5.41) is 2.64. The Morgan fingerprint density at radius 3 is 2.88 bits per heavy atom. The molecule has 1 aromatic carbocycles. The predicted octanol–water partition coefficient (Wildman–Crippen LogP) is 2.35. The van der Waals surface area contributed by atoms with Crippen molar-refractivity contribution < 1.29 is 13.9 Å². The summed E-state index contributed by atoms with van der Waals surface area (Å²) in [6, 6.07) is 4.17. The second-order valence-electron chi connectivity index (χ2n) is 3.45. The average Bonchev–Trinajstić information content (AvgIpc) is 2.17. The second-order valence-corrected chi connectivity index (χ2v) is 4.37. The number of carbonyl (C=O) groups is 1. The van der Waals surface area contributed by atoms with Crippen molar-refractivity contribution in [2.24, 2.45) is 0 Å². The molecule has 0 aliphatic heterocycles. The van der Waals surface area contributed by atoms with E-state index in [0.717, 1.165) is 0 Å². The highest BCUT2D eigenvalue weighted by Gasteiger charge is 2.13. The Kier molecular flexibility index (Phi) is 4.89. The van der Waals surface area contributed by atoms with Gasteiger partial charge in [0, 0.05) is 17.6 Å². The van der Waals surface area contributed by atoms with Gasteiger partial charge in [-0.2, -0.15) is 0 Å². The normalized spacial score (nSPS) is 12.2. The standard InChI is InChI=1S/C11H13BrFNO2/c1-7(6-16-2)14-11(15)9-4-3-8(12)5-10(9)13/h3-5,7H,6H2,1-2H3,(H,14,15)/t7-/m0/s1. The van der Waals surface area contributed by atoms with Gasteiger partial charge in [0.2, 0.25) is 0 Å². The van der Waals surface area contributed by atoms with E-state index in [-0.39, 0.29) is 11.6 Å². The molecule has 0 fully saturated rings. The van der Waals surface area contributed by atoms with Crippen molar-refractivity contribution in [3.05, 3.63) is 34.1 Å². The highest BCUT2D eigenvalue weighted by molar-refractivity contribution is 9.10. The van der Waals surface area contributed by atoms with E-state index in [1.165, 1.54) is 12.1 Å². The van der Waals surface area contributed by atoms with Crippen molar-refractivity contribution in [1.82, 2.24) is 5.32 Å². The average molecular weight is 290 g/mol. The van der Waals surface area contributed by atoms with Gasteiger partial charge in [-0.1, -0.05) is 15.9 Å². The molecule has 0 heterocycles. The summed E-state index contributed by atoms with van der Waals surface area (Å²) in [7, 11) is 1.54. The van der Waals surface area contributed by atoms with Crippen LogP contribution in [-0.2, 0) is 4.74 Å². The van der Waals surface area contributed by atoms with Crippen LogP contribution in [-0.4, -0.2) is 25.7 Å². The molecule has 0 spiro atoms. The molecule has 16 heavy (non-hydrogen) atoms. The van der Waals surface area contributed by atoms with Crippen LogP contribution in [0, 0.1) is 5.82 Å². The lowest BCUT2D eigenvalue weighted by molar-refractivity contribution is 0.0901. The molecule has 0 saturated carbocycles. The number of ether oxygens (including phenoxy) is 1. The molecule has 0 bridgehead atoms. The molecule has 1 atom stereocenters. The summed E-state index contributed by atoms with van der Waals surface area (Å²) in [6.07, 6.45) is 0. The third-order valence-corrected chi connectivity index (χ3v) is 2.46. The molecule has 1 amide bonds. The minimum atomic E-state index is -0.545. The van der Waals surface area contributed by atoms with Crippen LogP contribution in [0.5, 0.6) is 0 Å². The zero-order valence-electron chi connectivity index (χ0n) is 9.09. The van der Waals surface area contributed by atoms with Crippen LogP contribution >= 0.6 is 15.9 Å². The second kappa shape index (κ2) is 5.96. The number of carbonyl (C=O) groups excluding carboxylic acids is 1. The Morgan fingerprint density at radius 2 is 2.31 bits per heavy atom. The zero-order valence-corrected chi connectivity index (χ0v) is 10.7. The number of methoxy groups -OCH3 is 1. The summed E-state index contributed by atoms with van der Waals surface area (Å²) in [5.74, 6) is -0.981. The smallest absolute Gasteiger partial charge is 0.254 e. The van der Waals surface area contributed by atoms with Crippen LogP contribution in [0.25, 0.3) is 0 Å². The number of hydrogen-bond donors (Lipinski definition) is 1. The molecule has 3 nitrogen and oxygen atoms in total. The molecule has 0 unspecified atom stereocenters. The van der Waals surface area contributed by atoms with E-state index in [9.17, 15) is 9.18 Å². The first-order valence-electron chi connectivity index (χ1n) is 4.79. The lowest BCUT2D eigenvalue weighted by Gasteiger charge is -2.13. The van der Waals surface area contributed by atoms with Gasteiger partial charge in [-0.05, 0) is 25.1 Å². The molecule has 1 aromatic rings. The molecule has 0 aliphatic rings. The fraction of sp³-hybridized carbons (Fsp3) is 0.364. The lowest BCUT2D eigenvalue weighted by Crippen LogP contribution is -2.36. The van der Waals surface area contributed by atoms with Crippen molar-refractivity contribution in [2.45, 2.75) is 13.0 Å². The molecule has 0 radical (unpaired) electrons. The van der Waals surface area contributed by atoms with E-state index in [0.29, 0.717) is 11.1 Å². The number of hydrogen-bond acceptors (Lipinski definition) is 2. The minimum absolute atomic E-state index is 0.0335. The SMILES string of the molecule is COC[C@H](C)NC(=O)c1ccc(Br)cc1F. The number of halogens is 2. The van der Waals surface area contributed by atoms with E-state index in [1.807, 2.05) is 0 Å². The Hall–Kier alpha value is -0.940. The van der Waals surface area contributed by atoms with Gasteiger partial charge >= 0.3 is 0 Å². The van der Waals surface area contributed by atoms with Gasteiger partial charge in [-0.3, -0.25) is 4.79 Å². The largest absolute Gasteiger partial charge is 0.383 e. The maximum atomic E-state index is 13.4. The Labute approximate surface area is 102 Å². The van der Waals surface area contributed by atoms with Crippen LogP contribution in [0.1, 0.15) is 17.3 Å². The fourth-order valence-electron chi connectivity index (χ4n) is 1.27. The van der Waals surface area contributed by atoms with Gasteiger partial charge in [-0.15, -0.1) is 0 Å². The zero-order chi connectivity index (χ0) is 12.1. The third-order valence-electron chi connectivity index (χ3n) is 1.97. The number of amides is 1. The van der Waals surface area contributed by atoms with E-state index >= 15 is 0 Å². The summed E-state index contributed by atoms with van der Waals surface area (Å²) in [4.78, 5) is 11.6. The van der Waals surface area contributed by atoms with Crippen molar-refractivity contribution in [3.8, 4) is 0 Å². The molecular weight excluding hydrogens is 277 g/mol. The summed E-state index contributed by atoms with van der Waals surface area (Å²) in [5.41, 5.74) is 0.0335. The number of benzene rings is 1. The van der Waals surface area contributed by atoms with E-state index in [1.54, 1.807) is 20.1 Å². The third kappa shape index (κ3) is 3.57. The highest BCUT2D eigenvalue weighted by Crippen LogP contribution is 2.15. The van der Waals surface area contributed by atoms with Gasteiger partial charge in [0.15, 0.2) is 0 Å². The lowest BCUT2D eigenvalue weighted by atomic mass is 10.2. The molecule has 1 rings (SSSR count). The monoisotopic (exact) mass is 289 g/mol. The maximum absolute atomic E-state index is 13.4. The molecule has 0 saturated heterocycles. The number of rotatable bonds is 4. The summed E-state index contributed by atoms with van der Waals surface area (Å²) < 4.78 is 18.9. The fourth-order valence-corrected chi connectivity index (χ4v) is 1.60. The first-order chi connectivity index (χ1) is 7.54. The van der Waals surface area contributed by atoms with Crippen LogP contribution in [0.2, 0.25) is 0 Å². The van der Waals surface area contributed by atoms with Gasteiger partial charge < -0.3 is 10.1 Å². The maximum Gasteiger partial charge on any atom is 0.254 e. The van der Waals surface area contributed by atoms with Crippen LogP contribution < -0.4 is 5.32 Å². The van der Waals surface area contributed by atoms with E-state index in [2.05, 4.69) is 21.2 Å². The van der Waals surface area contributed by atoms with Crippen molar-refractivity contribution >= 4 is 21.8 Å². The first-order valence-corrected chi connectivity index (χ1v) is 5.58. The molecule has 1 N–H and O–H groups in total. The van der Waals surface area contributed by atoms with Crippen molar-refractivity contribution in [3.63, 3.8) is 0 Å². The van der Waals surface area contributed by atoms with Crippen LogP contribution in [0.4, 0.5) is 4.39 Å². The highest BCUT2D eigenvalue weighted by atomic mass is 79.9. The van der Waals surface area contributed by atoms with Gasteiger partial charge in [0.25, 0.3) is 5.91 Å². The van der Waals surface area contributed by atoms with E-state index < -0.39 is 11.7 Å². The van der Waals surface area contributed by atoms with Crippen molar-refractivity contribution in [2.75, 3.05) is 13.7 Å². The summed E-state index contributed by atoms with van der Waals surface area (Å²) >= 11 is 3.13. The molecule has 0 aliphatic carbocycles. The molecule has 5 heteroatoms. The van der Waals surface area contributed by atoms with E-state index in [4.69, 9.17) is 4.74 Å². The quantitative estimate of drug-likeness (QED) is 0.924. The van der Waals surface area contributed by atoms with Crippen LogP contribution in [0.15, 0.2) is 22.7 Å². The Bertz CT molecular complexity index is 384. The topological polar surface area (TPSA) is 38.3 Å². The van der Waals surface area contributed by atoms with Gasteiger partial charge in [0.1, 0.15) is 5.82 Å². The number of nitrogens with one attached hydrogen (secondary N) is 1. The molecule has 88 valence electrons. The minimum Gasteiger partial charge on any atom is -0.383 e. The van der Waals surface area contributed by atoms with Gasteiger partial charge in [-0.25, -0.2) is 4.39 Å². The first kappa shape index (κ1) is 13.1. The Balaban J connectivity index is 2.73. The Morgan fingerprint density at radius 1 is 1.62 bits per heavy atom. The summed E-state index contributed by atoms with van der Waals surface area (Å²) in [6.45, 7) is 2.18. The predicted molar refractivity (Wildman–Crippen MR) is 62.9 cm³/mol. The molecular formula is C11H13BrFNO2. The van der Waals surface area contributed by atoms with Gasteiger partial charge in [0.05, 0.1) is 12.2 Å².